The van der Waals surface area contributed by atoms with Crippen LogP contribution in [-0.2, 0) is 0 Å². The minimum atomic E-state index is 0.520. The molecule has 2 atom stereocenters. The van der Waals surface area contributed by atoms with Crippen molar-refractivity contribution in [3.05, 3.63) is 0 Å². The maximum atomic E-state index is 3.15. The van der Waals surface area contributed by atoms with Crippen molar-refractivity contribution in [1.82, 2.24) is 34.7 Å². The summed E-state index contributed by atoms with van der Waals surface area (Å²) in [6.45, 7) is 87.1. The molecule has 0 aromatic carbocycles. The van der Waals surface area contributed by atoms with E-state index in [4.69, 9.17) is 0 Å². The van der Waals surface area contributed by atoms with E-state index in [9.17, 15) is 0 Å². The molecule has 103 heavy (non-hydrogen) atoms. The van der Waals surface area contributed by atoms with Crippen LogP contribution < -0.4 is 5.32 Å². The maximum absolute atomic E-state index is 3.15. The zero-order valence-electron chi connectivity index (χ0n) is 78.4. The van der Waals surface area contributed by atoms with Crippen LogP contribution in [0.1, 0.15) is 406 Å². The molecular weight excluding hydrogens is 1250 g/mol. The largest absolute Gasteiger partial charge is 0.320 e. The van der Waals surface area contributed by atoms with Gasteiger partial charge in [0.05, 0.1) is 0 Å². The minimum absolute atomic E-state index is 0.520. The summed E-state index contributed by atoms with van der Waals surface area (Å²) in [5.41, 5.74) is 4.82. The van der Waals surface area contributed by atoms with Crippen molar-refractivity contribution < 1.29 is 0 Å². The first kappa shape index (κ1) is 105. The van der Waals surface area contributed by atoms with Crippen LogP contribution in [0.4, 0.5) is 0 Å². The third-order valence-electron chi connectivity index (χ3n) is 22.7. The van der Waals surface area contributed by atoms with Gasteiger partial charge < -0.3 is 34.7 Å². The molecule has 7 fully saturated rings. The number of likely N-dealkylation sites (tertiary alicyclic amines) is 5. The van der Waals surface area contributed by atoms with Gasteiger partial charge in [-0.05, 0) is 320 Å². The van der Waals surface area contributed by atoms with Gasteiger partial charge in [0.2, 0.25) is 0 Å². The Balaban J connectivity index is 0. The van der Waals surface area contributed by atoms with E-state index in [2.05, 4.69) is 264 Å². The van der Waals surface area contributed by atoms with Gasteiger partial charge in [-0.3, -0.25) is 0 Å². The highest BCUT2D eigenvalue weighted by atomic mass is 15.2. The van der Waals surface area contributed by atoms with Gasteiger partial charge in [0.1, 0.15) is 0 Å². The third-order valence-corrected chi connectivity index (χ3v) is 22.7. The maximum Gasteiger partial charge on any atom is 0.00219 e. The van der Waals surface area contributed by atoms with Gasteiger partial charge in [0, 0.05) is 39.3 Å². The molecule has 0 amide bonds. The van der Waals surface area contributed by atoms with E-state index < -0.39 is 0 Å². The van der Waals surface area contributed by atoms with E-state index in [-0.39, 0.29) is 0 Å². The highest BCUT2D eigenvalue weighted by Gasteiger charge is 2.29. The lowest BCUT2D eigenvalue weighted by atomic mass is 9.78. The summed E-state index contributed by atoms with van der Waals surface area (Å²) in [6, 6.07) is 0. The standard InChI is InChI=1S/2C12H25N.2C11H23N.C11H22.C10H21N.C10H23N.C10H20.C9H21N/c1-12(2,3)8-4-5-9-13-10-6-7-11-13;1-5-13-9-7-11(10-13)6-8-12(2,3)4;1-11(2,3)7-5-10-6-8-12(4)9-10;1-5-12-8-10(9-12)6-7-11(2,3)4;1-11(2,3)9-8-10-6-4-5-7-10;1-10(2,3)6-5-9-7-11(4)8-9;1-10(2,3)8-6-7-9-11(4)5;1-10(2,3)8-7-9-5-4-6-9;1-9(2,3)7-5-6-8-10-4/h4-11H2,1-3H3;11H,5-10H2,1-4H3;2*10H,5-9H2,1-4H3;10H,4-9H2,1-3H3;9H,5-8H2,1-4H3;6-9H2,1-5H3;9H,4-8H2,1-3H3;10H,5-8H2,1-4H3. The van der Waals surface area contributed by atoms with Crippen molar-refractivity contribution in [3.8, 4) is 0 Å². The first-order chi connectivity index (χ1) is 47.2. The molecule has 2 unspecified atom stereocenters. The SMILES string of the molecule is CC(C)(C)CCC1CCC1.CC(C)(C)CCC1CCCC1.CC(C)(C)CCCCN1CCCC1.CCN1CC(CCC(C)(C)C)C1.CCN1CCC(CCC(C)(C)C)C1.CN(C)CCCCC(C)(C)C.CN1CC(CCC(C)(C)C)C1.CN1CCC(CCC(C)(C)C)C1.CNCCCCC(C)(C)C. The Morgan fingerprint density at radius 1 is 0.291 bits per heavy atom. The number of unbranched alkanes of at least 4 members (excludes halogenated alkanes) is 3. The molecule has 0 bridgehead atoms. The van der Waals surface area contributed by atoms with Crippen LogP contribution in [0.25, 0.3) is 0 Å². The molecule has 5 heterocycles. The van der Waals surface area contributed by atoms with Gasteiger partial charge in [-0.1, -0.05) is 265 Å². The molecule has 7 heteroatoms. The van der Waals surface area contributed by atoms with Crippen molar-refractivity contribution in [2.75, 3.05) is 133 Å². The van der Waals surface area contributed by atoms with Crippen LogP contribution in [0, 0.1) is 84.2 Å². The lowest BCUT2D eigenvalue weighted by Gasteiger charge is -2.39. The Morgan fingerprint density at radius 3 is 0.913 bits per heavy atom. The second-order valence-corrected chi connectivity index (χ2v) is 46.3. The Kier molecular flexibility index (Phi) is 55.3. The molecule has 622 valence electrons. The predicted molar refractivity (Wildman–Crippen MR) is 472 cm³/mol. The van der Waals surface area contributed by atoms with Crippen LogP contribution in [0.5, 0.6) is 0 Å². The van der Waals surface area contributed by atoms with Crippen molar-refractivity contribution >= 4 is 0 Å². The molecule has 7 nitrogen and oxygen atoms in total. The zero-order chi connectivity index (χ0) is 79.4. The highest BCUT2D eigenvalue weighted by molar-refractivity contribution is 4.82. The normalized spacial score (nSPS) is 20.3. The van der Waals surface area contributed by atoms with Crippen molar-refractivity contribution in [2.24, 2.45) is 84.2 Å². The van der Waals surface area contributed by atoms with Crippen molar-refractivity contribution in [3.63, 3.8) is 0 Å². The van der Waals surface area contributed by atoms with E-state index in [1.54, 1.807) is 0 Å². The molecule has 2 saturated carbocycles. The number of hydrogen-bond acceptors (Lipinski definition) is 7. The number of hydrogen-bond donors (Lipinski definition) is 1. The Labute approximate surface area is 655 Å². The fraction of sp³-hybridized carbons (Fsp3) is 1.00. The van der Waals surface area contributed by atoms with E-state index >= 15 is 0 Å². The fourth-order valence-electron chi connectivity index (χ4n) is 14.8. The smallest absolute Gasteiger partial charge is 0.00219 e. The number of nitrogens with one attached hydrogen (secondary N) is 1. The van der Waals surface area contributed by atoms with Crippen molar-refractivity contribution in [1.29, 1.82) is 0 Å². The molecule has 0 spiro atoms. The molecule has 7 rings (SSSR count). The first-order valence-electron chi connectivity index (χ1n) is 45.0. The van der Waals surface area contributed by atoms with Crippen LogP contribution in [0.15, 0.2) is 0 Å². The molecule has 0 aromatic rings. The summed E-state index contributed by atoms with van der Waals surface area (Å²) >= 11 is 0. The van der Waals surface area contributed by atoms with Crippen molar-refractivity contribution in [2.45, 2.75) is 406 Å². The fourth-order valence-corrected chi connectivity index (χ4v) is 14.8. The molecule has 7 aliphatic rings. The Bertz CT molecular complexity index is 1880. The second-order valence-electron chi connectivity index (χ2n) is 46.3. The quantitative estimate of drug-likeness (QED) is 0.0864. The summed E-state index contributed by atoms with van der Waals surface area (Å²) in [7, 11) is 10.7. The summed E-state index contributed by atoms with van der Waals surface area (Å²) in [5.74, 6) is 6.14. The van der Waals surface area contributed by atoms with E-state index in [0.717, 1.165) is 42.1 Å². The second kappa shape index (κ2) is 54.4. The first-order valence-corrected chi connectivity index (χ1v) is 45.0. The summed E-state index contributed by atoms with van der Waals surface area (Å²) < 4.78 is 0. The van der Waals surface area contributed by atoms with Gasteiger partial charge >= 0.3 is 0 Å². The lowest BCUT2D eigenvalue weighted by molar-refractivity contribution is 0.0913. The topological polar surface area (TPSA) is 31.5 Å². The number of rotatable bonds is 26. The number of nitrogens with zero attached hydrogens (tertiary/aromatic N) is 6. The van der Waals surface area contributed by atoms with Gasteiger partial charge in [-0.25, -0.2) is 0 Å². The Morgan fingerprint density at radius 2 is 0.602 bits per heavy atom. The zero-order valence-corrected chi connectivity index (χ0v) is 78.4. The summed E-state index contributed by atoms with van der Waals surface area (Å²) in [4.78, 5) is 14.8. The van der Waals surface area contributed by atoms with Crippen LogP contribution in [-0.4, -0.2) is 163 Å². The van der Waals surface area contributed by atoms with Crippen LogP contribution >= 0.6 is 0 Å². The lowest BCUT2D eigenvalue weighted by Crippen LogP contribution is -2.46. The molecular formula is C96H203N7. The third kappa shape index (κ3) is 74.2. The van der Waals surface area contributed by atoms with E-state index in [1.165, 1.54) is 297 Å². The minimum Gasteiger partial charge on any atom is -0.320 e. The van der Waals surface area contributed by atoms with Crippen LogP contribution in [0.2, 0.25) is 0 Å². The molecule has 0 radical (unpaired) electrons. The van der Waals surface area contributed by atoms with Gasteiger partial charge in [-0.2, -0.15) is 0 Å². The van der Waals surface area contributed by atoms with E-state index in [0.29, 0.717) is 48.7 Å². The Hall–Kier alpha value is -0.280. The predicted octanol–water partition coefficient (Wildman–Crippen LogP) is 27.2. The summed E-state index contributed by atoms with van der Waals surface area (Å²) in [5, 5.41) is 3.15. The molecule has 5 aliphatic heterocycles. The molecule has 2 aliphatic carbocycles. The van der Waals surface area contributed by atoms with E-state index in [1.807, 2.05) is 7.05 Å². The summed E-state index contributed by atoms with van der Waals surface area (Å²) in [6.07, 6.45) is 45.5. The monoisotopic (exact) mass is 1450 g/mol. The molecule has 5 saturated heterocycles. The molecule has 0 aromatic heterocycles. The highest BCUT2D eigenvalue weighted by Crippen LogP contribution is 2.36. The van der Waals surface area contributed by atoms with Crippen LogP contribution in [0.3, 0.4) is 0 Å². The van der Waals surface area contributed by atoms with Gasteiger partial charge in [0.15, 0.2) is 0 Å². The van der Waals surface area contributed by atoms with Gasteiger partial charge in [0.25, 0.3) is 0 Å². The molecule has 1 N–H and O–H groups in total. The average Bonchev–Trinajstić information content (AvgIpc) is 1.79. The van der Waals surface area contributed by atoms with Gasteiger partial charge in [-0.15, -0.1) is 0 Å². The average molecular weight is 1460 g/mol.